The summed E-state index contributed by atoms with van der Waals surface area (Å²) in [5.74, 6) is 0. The van der Waals surface area contributed by atoms with Crippen LogP contribution in [0.4, 0.5) is 0 Å². The summed E-state index contributed by atoms with van der Waals surface area (Å²) in [5.41, 5.74) is 4.06. The maximum atomic E-state index is 10.3. The Bertz CT molecular complexity index is 573. The minimum atomic E-state index is -0.574. The highest BCUT2D eigenvalue weighted by atomic mass is 35.5. The van der Waals surface area contributed by atoms with Gasteiger partial charge in [-0.1, -0.05) is 52.5 Å². The molecule has 1 atom stereocenters. The van der Waals surface area contributed by atoms with Crippen LogP contribution in [0.15, 0.2) is 36.4 Å². The highest BCUT2D eigenvalue weighted by Gasteiger charge is 2.12. The van der Waals surface area contributed by atoms with Crippen LogP contribution in [0.25, 0.3) is 0 Å². The molecule has 0 radical (unpaired) electrons. The van der Waals surface area contributed by atoms with Crippen molar-refractivity contribution < 1.29 is 5.11 Å². The van der Waals surface area contributed by atoms with Crippen molar-refractivity contribution in [2.45, 2.75) is 26.4 Å². The van der Waals surface area contributed by atoms with Crippen molar-refractivity contribution in [1.29, 1.82) is 0 Å². The molecule has 0 spiro atoms. The summed E-state index contributed by atoms with van der Waals surface area (Å²) < 4.78 is 0. The Morgan fingerprint density at radius 2 is 1.63 bits per heavy atom. The van der Waals surface area contributed by atoms with E-state index in [4.69, 9.17) is 23.2 Å². The van der Waals surface area contributed by atoms with Crippen molar-refractivity contribution in [2.75, 3.05) is 0 Å². The molecule has 0 aliphatic heterocycles. The fourth-order valence-electron chi connectivity index (χ4n) is 2.23. The first-order valence-corrected chi connectivity index (χ1v) is 6.91. The highest BCUT2D eigenvalue weighted by molar-refractivity contribution is 6.33. The van der Waals surface area contributed by atoms with Crippen LogP contribution in [0.5, 0.6) is 0 Å². The first kappa shape index (κ1) is 14.4. The third-order valence-electron chi connectivity index (χ3n) is 3.05. The van der Waals surface area contributed by atoms with Crippen molar-refractivity contribution >= 4 is 23.2 Å². The number of aliphatic hydroxyl groups excluding tert-OH is 1. The molecular weight excluding hydrogens is 279 g/mol. The van der Waals surface area contributed by atoms with Crippen molar-refractivity contribution in [3.8, 4) is 0 Å². The predicted molar refractivity (Wildman–Crippen MR) is 81.0 cm³/mol. The van der Waals surface area contributed by atoms with E-state index in [1.54, 1.807) is 18.2 Å². The van der Waals surface area contributed by atoms with E-state index in [2.05, 4.69) is 6.07 Å². The van der Waals surface area contributed by atoms with E-state index >= 15 is 0 Å². The van der Waals surface area contributed by atoms with E-state index in [0.717, 1.165) is 22.3 Å². The average Bonchev–Trinajstić information content (AvgIpc) is 2.32. The van der Waals surface area contributed by atoms with Gasteiger partial charge in [-0.2, -0.15) is 0 Å². The van der Waals surface area contributed by atoms with Crippen LogP contribution in [-0.2, 0) is 6.42 Å². The zero-order chi connectivity index (χ0) is 14.0. The number of benzene rings is 2. The van der Waals surface area contributed by atoms with Crippen LogP contribution in [0, 0.1) is 13.8 Å². The first-order valence-electron chi connectivity index (χ1n) is 6.16. The van der Waals surface area contributed by atoms with Gasteiger partial charge in [0.2, 0.25) is 0 Å². The second kappa shape index (κ2) is 5.96. The van der Waals surface area contributed by atoms with Crippen molar-refractivity contribution in [3.63, 3.8) is 0 Å². The second-order valence-electron chi connectivity index (χ2n) is 4.88. The molecule has 19 heavy (non-hydrogen) atoms. The van der Waals surface area contributed by atoms with Crippen LogP contribution in [0.1, 0.15) is 28.4 Å². The summed E-state index contributed by atoms with van der Waals surface area (Å²) in [6.45, 7) is 4.05. The number of rotatable bonds is 3. The van der Waals surface area contributed by atoms with Crippen LogP contribution in [0.2, 0.25) is 10.0 Å². The fourth-order valence-corrected chi connectivity index (χ4v) is 2.62. The zero-order valence-corrected chi connectivity index (χ0v) is 12.5. The van der Waals surface area contributed by atoms with Gasteiger partial charge < -0.3 is 5.11 Å². The maximum Gasteiger partial charge on any atom is 0.0831 e. The summed E-state index contributed by atoms with van der Waals surface area (Å²) in [4.78, 5) is 0. The van der Waals surface area contributed by atoms with Gasteiger partial charge in [0.1, 0.15) is 0 Å². The van der Waals surface area contributed by atoms with Gasteiger partial charge in [-0.3, -0.25) is 0 Å². The average molecular weight is 295 g/mol. The Hall–Kier alpha value is -1.02. The van der Waals surface area contributed by atoms with Gasteiger partial charge in [-0.25, -0.2) is 0 Å². The lowest BCUT2D eigenvalue weighted by atomic mass is 9.98. The van der Waals surface area contributed by atoms with E-state index in [1.807, 2.05) is 26.0 Å². The van der Waals surface area contributed by atoms with E-state index in [-0.39, 0.29) is 0 Å². The molecule has 0 saturated carbocycles. The SMILES string of the molecule is Cc1cc(C)cc(C(O)Cc2cc(Cl)ccc2Cl)c1. The molecule has 2 aromatic carbocycles. The molecule has 0 aromatic heterocycles. The Kier molecular flexibility index (Phi) is 4.51. The lowest BCUT2D eigenvalue weighted by Gasteiger charge is -2.14. The summed E-state index contributed by atoms with van der Waals surface area (Å²) in [6.07, 6.45) is -0.114. The van der Waals surface area contributed by atoms with Crippen molar-refractivity contribution in [2.24, 2.45) is 0 Å². The molecule has 0 fully saturated rings. The number of hydrogen-bond acceptors (Lipinski definition) is 1. The van der Waals surface area contributed by atoms with Gasteiger partial charge in [-0.05, 0) is 43.2 Å². The minimum Gasteiger partial charge on any atom is -0.388 e. The molecule has 1 nitrogen and oxygen atoms in total. The van der Waals surface area contributed by atoms with Gasteiger partial charge in [0.15, 0.2) is 0 Å². The minimum absolute atomic E-state index is 0.461. The molecule has 0 amide bonds. The topological polar surface area (TPSA) is 20.2 Å². The molecular formula is C16H16Cl2O. The largest absolute Gasteiger partial charge is 0.388 e. The molecule has 0 heterocycles. The van der Waals surface area contributed by atoms with E-state index in [0.29, 0.717) is 16.5 Å². The summed E-state index contributed by atoms with van der Waals surface area (Å²) in [7, 11) is 0. The summed E-state index contributed by atoms with van der Waals surface area (Å²) in [6, 6.07) is 11.4. The Balaban J connectivity index is 2.25. The third-order valence-corrected chi connectivity index (χ3v) is 3.65. The molecule has 3 heteroatoms. The lowest BCUT2D eigenvalue weighted by Crippen LogP contribution is -2.03. The Labute approximate surface area is 123 Å². The predicted octanol–water partition coefficient (Wildman–Crippen LogP) is 4.89. The zero-order valence-electron chi connectivity index (χ0n) is 11.0. The van der Waals surface area contributed by atoms with Gasteiger partial charge >= 0.3 is 0 Å². The summed E-state index contributed by atoms with van der Waals surface area (Å²) >= 11 is 12.1. The van der Waals surface area contributed by atoms with Crippen LogP contribution in [-0.4, -0.2) is 5.11 Å². The van der Waals surface area contributed by atoms with E-state index in [1.165, 1.54) is 0 Å². The molecule has 0 aliphatic carbocycles. The molecule has 2 rings (SSSR count). The molecule has 1 unspecified atom stereocenters. The Morgan fingerprint density at radius 1 is 1.00 bits per heavy atom. The molecule has 0 bridgehead atoms. The third kappa shape index (κ3) is 3.73. The number of aliphatic hydroxyl groups is 1. The monoisotopic (exact) mass is 294 g/mol. The van der Waals surface area contributed by atoms with Crippen molar-refractivity contribution in [3.05, 3.63) is 68.7 Å². The maximum absolute atomic E-state index is 10.3. The fraction of sp³-hybridized carbons (Fsp3) is 0.250. The molecule has 100 valence electrons. The second-order valence-corrected chi connectivity index (χ2v) is 5.72. The van der Waals surface area contributed by atoms with Crippen LogP contribution >= 0.6 is 23.2 Å². The van der Waals surface area contributed by atoms with E-state index in [9.17, 15) is 5.11 Å². The van der Waals surface area contributed by atoms with E-state index < -0.39 is 6.10 Å². The smallest absolute Gasteiger partial charge is 0.0831 e. The molecule has 0 saturated heterocycles. The number of hydrogen-bond donors (Lipinski definition) is 1. The lowest BCUT2D eigenvalue weighted by molar-refractivity contribution is 0.178. The summed E-state index contributed by atoms with van der Waals surface area (Å²) in [5, 5.41) is 11.6. The van der Waals surface area contributed by atoms with Gasteiger partial charge in [0, 0.05) is 16.5 Å². The standard InChI is InChI=1S/C16H16Cl2O/c1-10-5-11(2)7-13(6-10)16(19)9-12-8-14(17)3-4-15(12)18/h3-8,16,19H,9H2,1-2H3. The van der Waals surface area contributed by atoms with Gasteiger partial charge in [-0.15, -0.1) is 0 Å². The quantitative estimate of drug-likeness (QED) is 0.855. The Morgan fingerprint density at radius 3 is 2.26 bits per heavy atom. The molecule has 2 aromatic rings. The van der Waals surface area contributed by atoms with Crippen LogP contribution in [0.3, 0.4) is 0 Å². The van der Waals surface area contributed by atoms with Gasteiger partial charge in [0.05, 0.1) is 6.10 Å². The van der Waals surface area contributed by atoms with Crippen LogP contribution < -0.4 is 0 Å². The van der Waals surface area contributed by atoms with Gasteiger partial charge in [0.25, 0.3) is 0 Å². The molecule has 0 aliphatic rings. The highest BCUT2D eigenvalue weighted by Crippen LogP contribution is 2.27. The molecule has 1 N–H and O–H groups in total. The first-order chi connectivity index (χ1) is 8.95. The number of aryl methyl sites for hydroxylation is 2. The normalized spacial score (nSPS) is 12.5. The van der Waals surface area contributed by atoms with Crippen molar-refractivity contribution in [1.82, 2.24) is 0 Å². The number of halogens is 2.